The standard InChI is InChI=1S/C8H9N3O3/c1-5-3-2-4-6(10-5)7(9)11(14)8(12)13/h2-4,9,14H,1H3,(H,12,13). The molecular weight excluding hydrogens is 186 g/mol. The molecule has 3 N–H and O–H groups in total. The average molecular weight is 195 g/mol. The van der Waals surface area contributed by atoms with Crippen molar-refractivity contribution in [2.75, 3.05) is 0 Å². The lowest BCUT2D eigenvalue weighted by Gasteiger charge is -2.10. The van der Waals surface area contributed by atoms with Gasteiger partial charge in [-0.3, -0.25) is 10.6 Å². The van der Waals surface area contributed by atoms with Crippen LogP contribution in [0.4, 0.5) is 4.79 Å². The Labute approximate surface area is 79.9 Å². The molecule has 0 atom stereocenters. The van der Waals surface area contributed by atoms with Crippen LogP contribution in [0.5, 0.6) is 0 Å². The molecule has 6 nitrogen and oxygen atoms in total. The lowest BCUT2D eigenvalue weighted by molar-refractivity contribution is -0.0000688. The van der Waals surface area contributed by atoms with E-state index in [9.17, 15) is 4.79 Å². The number of amides is 1. The van der Waals surface area contributed by atoms with E-state index in [-0.39, 0.29) is 10.8 Å². The third kappa shape index (κ3) is 2.05. The average Bonchev–Trinajstić information content (AvgIpc) is 2.15. The topological polar surface area (TPSA) is 97.5 Å². The van der Waals surface area contributed by atoms with Crippen molar-refractivity contribution in [2.45, 2.75) is 6.92 Å². The van der Waals surface area contributed by atoms with Gasteiger partial charge in [0, 0.05) is 5.69 Å². The van der Waals surface area contributed by atoms with Crippen LogP contribution in [0.1, 0.15) is 11.4 Å². The van der Waals surface area contributed by atoms with E-state index in [0.717, 1.165) is 0 Å². The predicted octanol–water partition coefficient (Wildman–Crippen LogP) is 1.08. The maximum absolute atomic E-state index is 10.3. The van der Waals surface area contributed by atoms with Gasteiger partial charge in [-0.2, -0.15) is 0 Å². The van der Waals surface area contributed by atoms with E-state index in [4.69, 9.17) is 15.7 Å². The molecule has 0 aliphatic heterocycles. The first-order valence-corrected chi connectivity index (χ1v) is 3.77. The molecule has 1 rings (SSSR count). The Morgan fingerprint density at radius 2 is 2.21 bits per heavy atom. The number of carboxylic acid groups (broad SMARTS) is 1. The van der Waals surface area contributed by atoms with Crippen LogP contribution in [0.2, 0.25) is 0 Å². The van der Waals surface area contributed by atoms with Crippen molar-refractivity contribution in [3.8, 4) is 0 Å². The summed E-state index contributed by atoms with van der Waals surface area (Å²) in [7, 11) is 0. The molecule has 0 saturated heterocycles. The van der Waals surface area contributed by atoms with Crippen LogP contribution in [0.15, 0.2) is 18.2 Å². The molecule has 74 valence electrons. The fraction of sp³-hybridized carbons (Fsp3) is 0.125. The minimum atomic E-state index is -1.61. The van der Waals surface area contributed by atoms with E-state index in [2.05, 4.69) is 4.98 Å². The summed E-state index contributed by atoms with van der Waals surface area (Å²) in [4.78, 5) is 14.2. The molecule has 0 saturated carbocycles. The first-order chi connectivity index (χ1) is 6.52. The van der Waals surface area contributed by atoms with E-state index >= 15 is 0 Å². The monoisotopic (exact) mass is 195 g/mol. The Morgan fingerprint density at radius 3 is 2.71 bits per heavy atom. The Kier molecular flexibility index (Phi) is 2.78. The lowest BCUT2D eigenvalue weighted by atomic mass is 10.3. The molecule has 0 radical (unpaired) electrons. The molecule has 0 aliphatic rings. The van der Waals surface area contributed by atoms with Crippen LogP contribution in [-0.4, -0.2) is 32.3 Å². The van der Waals surface area contributed by atoms with Gasteiger partial charge in [0.15, 0.2) is 5.84 Å². The summed E-state index contributed by atoms with van der Waals surface area (Å²) < 4.78 is 0. The Hall–Kier alpha value is -1.95. The summed E-state index contributed by atoms with van der Waals surface area (Å²) in [6, 6.07) is 4.78. The maximum atomic E-state index is 10.3. The van der Waals surface area contributed by atoms with Crippen molar-refractivity contribution in [3.05, 3.63) is 29.6 Å². The molecule has 0 spiro atoms. The third-order valence-electron chi connectivity index (χ3n) is 1.52. The lowest BCUT2D eigenvalue weighted by Crippen LogP contribution is -2.33. The summed E-state index contributed by atoms with van der Waals surface area (Å²) in [5.74, 6) is -0.568. The zero-order chi connectivity index (χ0) is 10.7. The second kappa shape index (κ2) is 3.84. The number of nitrogens with zero attached hydrogens (tertiary/aromatic N) is 2. The Bertz CT molecular complexity index is 378. The van der Waals surface area contributed by atoms with Crippen LogP contribution in [0.25, 0.3) is 0 Å². The molecule has 1 aromatic heterocycles. The third-order valence-corrected chi connectivity index (χ3v) is 1.52. The Morgan fingerprint density at radius 1 is 1.57 bits per heavy atom. The highest BCUT2D eigenvalue weighted by atomic mass is 16.6. The van der Waals surface area contributed by atoms with Gasteiger partial charge in [-0.1, -0.05) is 6.07 Å². The minimum absolute atomic E-state index is 0.106. The Balaban J connectivity index is 2.95. The summed E-state index contributed by atoms with van der Waals surface area (Å²) in [6.45, 7) is 1.71. The van der Waals surface area contributed by atoms with Crippen molar-refractivity contribution in [2.24, 2.45) is 0 Å². The SMILES string of the molecule is Cc1cccc(C(=N)N(O)C(=O)O)n1. The van der Waals surface area contributed by atoms with Gasteiger partial charge in [0.05, 0.1) is 0 Å². The molecule has 1 amide bonds. The quantitative estimate of drug-likeness (QED) is 0.270. The van der Waals surface area contributed by atoms with Gasteiger partial charge in [0.2, 0.25) is 0 Å². The molecule has 14 heavy (non-hydrogen) atoms. The molecule has 1 heterocycles. The van der Waals surface area contributed by atoms with E-state index in [1.165, 1.54) is 6.07 Å². The predicted molar refractivity (Wildman–Crippen MR) is 47.5 cm³/mol. The molecule has 6 heteroatoms. The van der Waals surface area contributed by atoms with Crippen LogP contribution in [0, 0.1) is 12.3 Å². The fourth-order valence-corrected chi connectivity index (χ4v) is 0.879. The maximum Gasteiger partial charge on any atom is 0.437 e. The highest BCUT2D eigenvalue weighted by Crippen LogP contribution is 2.01. The minimum Gasteiger partial charge on any atom is -0.463 e. The molecule has 1 aromatic rings. The highest BCUT2D eigenvalue weighted by molar-refractivity contribution is 6.01. The number of aromatic nitrogens is 1. The van der Waals surface area contributed by atoms with Gasteiger partial charge in [-0.15, -0.1) is 5.06 Å². The largest absolute Gasteiger partial charge is 0.463 e. The summed E-state index contributed by atoms with van der Waals surface area (Å²) in [5, 5.41) is 24.4. The molecule has 0 fully saturated rings. The molecule has 0 unspecified atom stereocenters. The van der Waals surface area contributed by atoms with Crippen molar-refractivity contribution in [3.63, 3.8) is 0 Å². The van der Waals surface area contributed by atoms with Crippen LogP contribution in [-0.2, 0) is 0 Å². The number of carbonyl (C=O) groups is 1. The first-order valence-electron chi connectivity index (χ1n) is 3.77. The fourth-order valence-electron chi connectivity index (χ4n) is 0.879. The van der Waals surface area contributed by atoms with Crippen molar-refractivity contribution < 1.29 is 15.1 Å². The number of pyridine rings is 1. The summed E-state index contributed by atoms with van der Waals surface area (Å²) >= 11 is 0. The summed E-state index contributed by atoms with van der Waals surface area (Å²) in [5.41, 5.74) is 0.751. The number of hydroxylamine groups is 2. The number of rotatable bonds is 1. The van der Waals surface area contributed by atoms with Crippen molar-refractivity contribution >= 4 is 11.9 Å². The van der Waals surface area contributed by atoms with E-state index in [1.807, 2.05) is 0 Å². The van der Waals surface area contributed by atoms with Gasteiger partial charge in [-0.05, 0) is 19.1 Å². The molecule has 0 aliphatic carbocycles. The van der Waals surface area contributed by atoms with Gasteiger partial charge in [-0.25, -0.2) is 9.78 Å². The molecule has 0 aromatic carbocycles. The molecular formula is C8H9N3O3. The zero-order valence-electron chi connectivity index (χ0n) is 7.43. The smallest absolute Gasteiger partial charge is 0.437 e. The van der Waals surface area contributed by atoms with Crippen molar-refractivity contribution in [1.29, 1.82) is 5.41 Å². The van der Waals surface area contributed by atoms with E-state index in [1.54, 1.807) is 19.1 Å². The van der Waals surface area contributed by atoms with Gasteiger partial charge in [0.25, 0.3) is 0 Å². The summed E-state index contributed by atoms with van der Waals surface area (Å²) in [6.07, 6.45) is -1.61. The number of hydrogen-bond acceptors (Lipinski definition) is 4. The van der Waals surface area contributed by atoms with Crippen molar-refractivity contribution in [1.82, 2.24) is 10.0 Å². The number of aryl methyl sites for hydroxylation is 1. The zero-order valence-corrected chi connectivity index (χ0v) is 7.43. The van der Waals surface area contributed by atoms with E-state index < -0.39 is 11.9 Å². The normalized spacial score (nSPS) is 9.57. The van der Waals surface area contributed by atoms with E-state index in [0.29, 0.717) is 5.69 Å². The number of nitrogens with one attached hydrogen (secondary N) is 1. The van der Waals surface area contributed by atoms with Gasteiger partial charge < -0.3 is 5.11 Å². The number of hydrogen-bond donors (Lipinski definition) is 3. The second-order valence-electron chi connectivity index (χ2n) is 2.61. The second-order valence-corrected chi connectivity index (χ2v) is 2.61. The highest BCUT2D eigenvalue weighted by Gasteiger charge is 2.16. The van der Waals surface area contributed by atoms with Gasteiger partial charge >= 0.3 is 6.09 Å². The molecule has 0 bridgehead atoms. The van der Waals surface area contributed by atoms with Gasteiger partial charge in [0.1, 0.15) is 5.69 Å². The van der Waals surface area contributed by atoms with Crippen LogP contribution < -0.4 is 0 Å². The first kappa shape index (κ1) is 10.1. The van der Waals surface area contributed by atoms with Crippen LogP contribution >= 0.6 is 0 Å². The number of amidine groups is 1. The van der Waals surface area contributed by atoms with Crippen LogP contribution in [0.3, 0.4) is 0 Å².